The monoisotopic (exact) mass is 604 g/mol. The van der Waals surface area contributed by atoms with E-state index in [-0.39, 0.29) is 29.0 Å². The van der Waals surface area contributed by atoms with Gasteiger partial charge in [-0.15, -0.1) is 0 Å². The molecule has 7 nitrogen and oxygen atoms in total. The Balaban J connectivity index is 0.000000301. The Kier molecular flexibility index (Phi) is 11.2. The van der Waals surface area contributed by atoms with Crippen LogP contribution in [0.25, 0.3) is 0 Å². The fraction of sp³-hybridized carbons (Fsp3) is 0.917. The van der Waals surface area contributed by atoms with Gasteiger partial charge in [0.1, 0.15) is 12.1 Å². The summed E-state index contributed by atoms with van der Waals surface area (Å²) in [4.78, 5) is 33.0. The molecule has 2 aliphatic heterocycles. The first-order valence-corrected chi connectivity index (χ1v) is 17.6. The van der Waals surface area contributed by atoms with Gasteiger partial charge in [-0.1, -0.05) is 54.4 Å². The van der Waals surface area contributed by atoms with Crippen LogP contribution in [0.1, 0.15) is 131 Å². The number of Topliss-reactive ketones (excluding diaryl/α,β-unsaturated/α-hetero) is 1. The summed E-state index contributed by atoms with van der Waals surface area (Å²) in [5, 5.41) is 18.4. The summed E-state index contributed by atoms with van der Waals surface area (Å²) >= 11 is 0. The van der Waals surface area contributed by atoms with Gasteiger partial charge in [-0.2, -0.15) is 0 Å². The second-order valence-corrected chi connectivity index (χ2v) is 15.4. The summed E-state index contributed by atoms with van der Waals surface area (Å²) in [6.07, 6.45) is 14.2. The van der Waals surface area contributed by atoms with E-state index in [4.69, 9.17) is 14.6 Å². The second-order valence-electron chi connectivity index (χ2n) is 15.4. The van der Waals surface area contributed by atoms with Crippen LogP contribution in [0.15, 0.2) is 0 Å². The minimum Gasteiger partial charge on any atom is -0.481 e. The van der Waals surface area contributed by atoms with Gasteiger partial charge in [0.05, 0.1) is 18.8 Å². The number of ether oxygens (including phenoxy) is 2. The number of aldehydes is 1. The molecule has 2 heterocycles. The van der Waals surface area contributed by atoms with Crippen LogP contribution in [-0.2, 0) is 23.9 Å². The van der Waals surface area contributed by atoms with E-state index < -0.39 is 11.8 Å². The lowest BCUT2D eigenvalue weighted by atomic mass is 9.44. The van der Waals surface area contributed by atoms with E-state index in [1.807, 2.05) is 6.92 Å². The second kappa shape index (κ2) is 14.0. The van der Waals surface area contributed by atoms with E-state index in [0.717, 1.165) is 77.1 Å². The number of carboxylic acids is 1. The van der Waals surface area contributed by atoms with Gasteiger partial charge in [-0.25, -0.2) is 0 Å². The average molecular weight is 605 g/mol. The van der Waals surface area contributed by atoms with Gasteiger partial charge in [-0.3, -0.25) is 9.59 Å². The zero-order valence-electron chi connectivity index (χ0n) is 27.8. The Bertz CT molecular complexity index is 973. The zero-order valence-corrected chi connectivity index (χ0v) is 27.8. The van der Waals surface area contributed by atoms with Crippen LogP contribution in [0.4, 0.5) is 0 Å². The molecule has 6 aliphatic rings. The number of carboxylic acid groups (broad SMARTS) is 1. The number of aliphatic hydroxyl groups excluding tert-OH is 1. The molecule has 4 saturated carbocycles. The lowest BCUT2D eigenvalue weighted by Gasteiger charge is -2.60. The molecule has 7 heteroatoms. The standard InChI is InChI=1S/C27H42O4.C6H12O2.C3H6O/c1-15-7-10-27(30-14-15)16(2)24-22(31-27)12-21-19-6-5-17-11-18(28)8-9-25(17,3)20(19)13-23(29)26(21,24)4;1-2-3-4-5-6(7)8;1-2-3-4/h15-22,24,28H,5-14H2,1-4H3;2-5H2,1H3,(H,7,8);3H,2H2,1H3/t15-,16+,17+,18+,19-,20+,21+,22+,24+,25+,26-,27-;;/m1../s1. The van der Waals surface area contributed by atoms with Crippen LogP contribution < -0.4 is 0 Å². The molecule has 0 aromatic heterocycles. The Labute approximate surface area is 260 Å². The molecule has 1 spiro atoms. The van der Waals surface area contributed by atoms with Crippen molar-refractivity contribution in [2.24, 2.45) is 52.3 Å². The Hall–Kier alpha value is -1.31. The number of carbonyl (C=O) groups excluding carboxylic acids is 2. The fourth-order valence-electron chi connectivity index (χ4n) is 10.5. The molecule has 0 aromatic rings. The highest BCUT2D eigenvalue weighted by Crippen LogP contribution is 2.70. The molecule has 0 radical (unpaired) electrons. The number of ketones is 1. The number of hydrogen-bond donors (Lipinski definition) is 2. The third-order valence-electron chi connectivity index (χ3n) is 12.9. The number of aliphatic carboxylic acids is 1. The molecule has 4 aliphatic carbocycles. The largest absolute Gasteiger partial charge is 0.481 e. The normalized spacial score (nSPS) is 46.2. The van der Waals surface area contributed by atoms with Crippen molar-refractivity contribution in [2.75, 3.05) is 6.61 Å². The minimum atomic E-state index is -0.682. The fourth-order valence-corrected chi connectivity index (χ4v) is 10.5. The predicted octanol–water partition coefficient (Wildman–Crippen LogP) is 7.22. The molecule has 6 fully saturated rings. The first kappa shape index (κ1) is 34.6. The summed E-state index contributed by atoms with van der Waals surface area (Å²) < 4.78 is 13.2. The van der Waals surface area contributed by atoms with E-state index in [1.54, 1.807) is 0 Å². The topological polar surface area (TPSA) is 110 Å². The summed E-state index contributed by atoms with van der Waals surface area (Å²) in [5.41, 5.74) is -0.0221. The summed E-state index contributed by atoms with van der Waals surface area (Å²) in [6.45, 7) is 14.0. The van der Waals surface area contributed by atoms with E-state index in [2.05, 4.69) is 34.6 Å². The average Bonchev–Trinajstić information content (AvgIpc) is 3.42. The highest BCUT2D eigenvalue weighted by molar-refractivity contribution is 5.87. The maximum Gasteiger partial charge on any atom is 0.303 e. The molecule has 2 saturated heterocycles. The third kappa shape index (κ3) is 6.52. The summed E-state index contributed by atoms with van der Waals surface area (Å²) in [5.74, 6) is 2.77. The summed E-state index contributed by atoms with van der Waals surface area (Å²) in [7, 11) is 0. The zero-order chi connectivity index (χ0) is 31.6. The molecule has 12 atom stereocenters. The number of carbonyl (C=O) groups is 3. The van der Waals surface area contributed by atoms with Crippen molar-refractivity contribution in [1.29, 1.82) is 0 Å². The Morgan fingerprint density at radius 3 is 2.35 bits per heavy atom. The molecular formula is C36H60O7. The van der Waals surface area contributed by atoms with Gasteiger partial charge < -0.3 is 24.5 Å². The van der Waals surface area contributed by atoms with Gasteiger partial charge in [0.15, 0.2) is 5.79 Å². The summed E-state index contributed by atoms with van der Waals surface area (Å²) in [6, 6.07) is 0. The van der Waals surface area contributed by atoms with Crippen molar-refractivity contribution >= 4 is 18.0 Å². The van der Waals surface area contributed by atoms with Crippen molar-refractivity contribution in [2.45, 2.75) is 149 Å². The molecular weight excluding hydrogens is 544 g/mol. The molecule has 0 bridgehead atoms. The van der Waals surface area contributed by atoms with Gasteiger partial charge in [0, 0.05) is 42.9 Å². The molecule has 0 unspecified atom stereocenters. The van der Waals surface area contributed by atoms with Crippen LogP contribution in [0.5, 0.6) is 0 Å². The van der Waals surface area contributed by atoms with Crippen LogP contribution in [0, 0.1) is 52.3 Å². The quantitative estimate of drug-likeness (QED) is 0.252. The van der Waals surface area contributed by atoms with E-state index in [1.165, 1.54) is 12.8 Å². The molecule has 6 rings (SSSR count). The third-order valence-corrected chi connectivity index (χ3v) is 12.9. The molecule has 43 heavy (non-hydrogen) atoms. The molecule has 246 valence electrons. The van der Waals surface area contributed by atoms with Crippen LogP contribution in [-0.4, -0.2) is 52.9 Å². The minimum absolute atomic E-state index is 0.131. The number of aliphatic hydroxyl groups is 1. The lowest BCUT2D eigenvalue weighted by molar-refractivity contribution is -0.272. The number of rotatable bonds is 5. The first-order chi connectivity index (χ1) is 20.4. The number of hydrogen-bond acceptors (Lipinski definition) is 6. The Morgan fingerprint density at radius 1 is 1.02 bits per heavy atom. The smallest absolute Gasteiger partial charge is 0.303 e. The van der Waals surface area contributed by atoms with Crippen LogP contribution in [0.3, 0.4) is 0 Å². The molecule has 0 aromatic carbocycles. The first-order valence-electron chi connectivity index (χ1n) is 17.6. The lowest BCUT2D eigenvalue weighted by Crippen LogP contribution is -2.58. The van der Waals surface area contributed by atoms with Crippen molar-refractivity contribution < 1.29 is 34.1 Å². The van der Waals surface area contributed by atoms with E-state index >= 15 is 0 Å². The van der Waals surface area contributed by atoms with Crippen LogP contribution >= 0.6 is 0 Å². The maximum absolute atomic E-state index is 14.0. The van der Waals surface area contributed by atoms with Crippen molar-refractivity contribution in [3.63, 3.8) is 0 Å². The Morgan fingerprint density at radius 2 is 1.74 bits per heavy atom. The number of unbranched alkanes of at least 4 members (excludes halogenated alkanes) is 2. The van der Waals surface area contributed by atoms with Gasteiger partial charge in [-0.05, 0) is 86.4 Å². The van der Waals surface area contributed by atoms with Gasteiger partial charge >= 0.3 is 5.97 Å². The van der Waals surface area contributed by atoms with E-state index in [0.29, 0.717) is 54.1 Å². The van der Waals surface area contributed by atoms with Gasteiger partial charge in [0.25, 0.3) is 0 Å². The molecule has 0 amide bonds. The SMILES string of the molecule is CCC=O.CCCCCC(=O)O.C[C@@H]1CC[C@@]2(OC1)O[C@H]1C[C@H]3[C@@H]4CC[C@H]5C[C@@H](O)CC[C@]5(C)[C@H]4CC(=O)[C@]3(C)[C@H]1[C@@H]2C. The van der Waals surface area contributed by atoms with Gasteiger partial charge in [0.2, 0.25) is 0 Å². The molecule has 2 N–H and O–H groups in total. The highest BCUT2D eigenvalue weighted by atomic mass is 16.7. The number of fused-ring (bicyclic) bond motifs is 7. The van der Waals surface area contributed by atoms with Crippen molar-refractivity contribution in [3.05, 3.63) is 0 Å². The predicted molar refractivity (Wildman–Crippen MR) is 166 cm³/mol. The van der Waals surface area contributed by atoms with Crippen LogP contribution in [0.2, 0.25) is 0 Å². The van der Waals surface area contributed by atoms with Crippen molar-refractivity contribution in [3.8, 4) is 0 Å². The maximum atomic E-state index is 14.0. The van der Waals surface area contributed by atoms with E-state index in [9.17, 15) is 19.5 Å². The highest BCUT2D eigenvalue weighted by Gasteiger charge is 2.71. The van der Waals surface area contributed by atoms with Crippen molar-refractivity contribution in [1.82, 2.24) is 0 Å².